The predicted molar refractivity (Wildman–Crippen MR) is 65.4 cm³/mol. The highest BCUT2D eigenvalue weighted by Gasteiger charge is 2.10. The lowest BCUT2D eigenvalue weighted by Crippen LogP contribution is -2.02. The molecule has 1 aromatic heterocycles. The van der Waals surface area contributed by atoms with E-state index in [4.69, 9.17) is 5.26 Å². The van der Waals surface area contributed by atoms with Crippen molar-refractivity contribution in [2.45, 2.75) is 20.3 Å². The molecule has 1 heterocycles. The summed E-state index contributed by atoms with van der Waals surface area (Å²) in [6, 6.07) is 7.10. The summed E-state index contributed by atoms with van der Waals surface area (Å²) >= 11 is 0. The van der Waals surface area contributed by atoms with E-state index < -0.39 is 0 Å². The Morgan fingerprint density at radius 2 is 2.28 bits per heavy atom. The fraction of sp³-hybridized carbons (Fsp3) is 0.231. The fourth-order valence-corrected chi connectivity index (χ4v) is 1.66. The number of aromatic nitrogens is 3. The fourth-order valence-electron chi connectivity index (χ4n) is 1.66. The number of Topliss-reactive ketones (excluding diaryl/α,β-unsaturated/α-hetero) is 1. The smallest absolute Gasteiger partial charge is 0.162 e. The van der Waals surface area contributed by atoms with Crippen LogP contribution >= 0.6 is 0 Å². The van der Waals surface area contributed by atoms with Crippen molar-refractivity contribution in [2.75, 3.05) is 0 Å². The van der Waals surface area contributed by atoms with Crippen molar-refractivity contribution in [1.29, 1.82) is 5.26 Å². The van der Waals surface area contributed by atoms with E-state index >= 15 is 0 Å². The van der Waals surface area contributed by atoms with E-state index in [1.165, 1.54) is 4.68 Å². The lowest BCUT2D eigenvalue weighted by atomic mass is 10.0. The Hall–Kier alpha value is -2.48. The molecule has 5 heteroatoms. The maximum atomic E-state index is 11.6. The molecular weight excluding hydrogens is 228 g/mol. The number of nitriles is 1. The van der Waals surface area contributed by atoms with Gasteiger partial charge in [-0.3, -0.25) is 4.79 Å². The Labute approximate surface area is 105 Å². The minimum absolute atomic E-state index is 0.0211. The first-order valence-electron chi connectivity index (χ1n) is 5.61. The minimum atomic E-state index is 0.0211. The number of hydrogen-bond donors (Lipinski definition) is 0. The van der Waals surface area contributed by atoms with E-state index in [0.717, 1.165) is 0 Å². The molecule has 0 aliphatic heterocycles. The van der Waals surface area contributed by atoms with Crippen LogP contribution in [0.5, 0.6) is 0 Å². The summed E-state index contributed by atoms with van der Waals surface area (Å²) in [6.45, 7) is 3.57. The maximum absolute atomic E-state index is 11.6. The van der Waals surface area contributed by atoms with E-state index in [1.807, 2.05) is 0 Å². The molecule has 0 saturated carbocycles. The van der Waals surface area contributed by atoms with Crippen LogP contribution in [0.2, 0.25) is 0 Å². The van der Waals surface area contributed by atoms with Crippen LogP contribution in [-0.2, 0) is 0 Å². The summed E-state index contributed by atoms with van der Waals surface area (Å²) in [5, 5.41) is 13.3. The molecule has 2 aromatic rings. The van der Waals surface area contributed by atoms with Gasteiger partial charge < -0.3 is 0 Å². The number of carbonyl (C=O) groups excluding carboxylic acids is 1. The number of hydrogen-bond acceptors (Lipinski definition) is 4. The second-order valence-corrected chi connectivity index (χ2v) is 3.86. The Morgan fingerprint density at radius 1 is 1.50 bits per heavy atom. The summed E-state index contributed by atoms with van der Waals surface area (Å²) in [5.74, 6) is 0.653. The number of nitrogens with zero attached hydrogens (tertiary/aromatic N) is 4. The first-order chi connectivity index (χ1) is 8.65. The number of ketones is 1. The number of aryl methyl sites for hydroxylation is 1. The summed E-state index contributed by atoms with van der Waals surface area (Å²) < 4.78 is 1.54. The normalized spacial score (nSPS) is 10.1. The minimum Gasteiger partial charge on any atom is -0.294 e. The van der Waals surface area contributed by atoms with Crippen molar-refractivity contribution in [2.24, 2.45) is 0 Å². The number of benzene rings is 1. The molecule has 0 bridgehead atoms. The largest absolute Gasteiger partial charge is 0.294 e. The molecular formula is C13H12N4O. The molecule has 1 aromatic carbocycles. The van der Waals surface area contributed by atoms with E-state index in [1.54, 1.807) is 38.4 Å². The highest BCUT2D eigenvalue weighted by molar-refractivity contribution is 5.96. The first kappa shape index (κ1) is 12.0. The van der Waals surface area contributed by atoms with Gasteiger partial charge in [-0.25, -0.2) is 9.67 Å². The summed E-state index contributed by atoms with van der Waals surface area (Å²) in [6.07, 6.45) is 1.97. The van der Waals surface area contributed by atoms with Crippen molar-refractivity contribution in [3.8, 4) is 11.8 Å². The lowest BCUT2D eigenvalue weighted by molar-refractivity contribution is 0.0988. The van der Waals surface area contributed by atoms with Crippen LogP contribution in [0.1, 0.15) is 35.1 Å². The van der Waals surface area contributed by atoms with Gasteiger partial charge in [-0.15, -0.1) is 0 Å². The monoisotopic (exact) mass is 240 g/mol. The molecule has 2 rings (SSSR count). The van der Waals surface area contributed by atoms with Gasteiger partial charge in [0, 0.05) is 12.0 Å². The molecule has 0 spiro atoms. The number of carbonyl (C=O) groups is 1. The zero-order valence-electron chi connectivity index (χ0n) is 10.2. The van der Waals surface area contributed by atoms with Crippen molar-refractivity contribution >= 4 is 5.78 Å². The van der Waals surface area contributed by atoms with Crippen LogP contribution in [-0.4, -0.2) is 20.5 Å². The second-order valence-electron chi connectivity index (χ2n) is 3.86. The van der Waals surface area contributed by atoms with Crippen LogP contribution < -0.4 is 0 Å². The molecule has 90 valence electrons. The van der Waals surface area contributed by atoms with Crippen LogP contribution in [0.15, 0.2) is 24.5 Å². The maximum Gasteiger partial charge on any atom is 0.162 e. The van der Waals surface area contributed by atoms with Crippen molar-refractivity contribution in [3.05, 3.63) is 41.5 Å². The van der Waals surface area contributed by atoms with Gasteiger partial charge in [-0.1, -0.05) is 6.92 Å². The molecule has 5 nitrogen and oxygen atoms in total. The molecule has 0 aliphatic carbocycles. The van der Waals surface area contributed by atoms with Crippen molar-refractivity contribution in [3.63, 3.8) is 0 Å². The molecule has 0 saturated heterocycles. The van der Waals surface area contributed by atoms with Gasteiger partial charge in [-0.05, 0) is 25.1 Å². The molecule has 0 radical (unpaired) electrons. The molecule has 0 unspecified atom stereocenters. The number of rotatable bonds is 3. The Morgan fingerprint density at radius 3 is 2.83 bits per heavy atom. The van der Waals surface area contributed by atoms with Crippen LogP contribution in [0.3, 0.4) is 0 Å². The molecule has 0 aliphatic rings. The third kappa shape index (κ3) is 2.13. The van der Waals surface area contributed by atoms with Gasteiger partial charge in [0.25, 0.3) is 0 Å². The predicted octanol–water partition coefficient (Wildman–Crippen LogP) is 2.04. The first-order valence-corrected chi connectivity index (χ1v) is 5.61. The molecule has 0 atom stereocenters. The van der Waals surface area contributed by atoms with Crippen LogP contribution in [0.4, 0.5) is 0 Å². The molecule has 0 N–H and O–H groups in total. The van der Waals surface area contributed by atoms with E-state index in [9.17, 15) is 4.79 Å². The standard InChI is InChI=1S/C13H12N4O/c1-3-13(18)10-4-5-12(11(6-10)7-14)17-8-15-9(2)16-17/h4-6,8H,3H2,1-2H3. The van der Waals surface area contributed by atoms with Gasteiger partial charge in [0.1, 0.15) is 18.2 Å². The zero-order chi connectivity index (χ0) is 13.1. The Bertz CT molecular complexity index is 637. The summed E-state index contributed by atoms with van der Waals surface area (Å²) in [7, 11) is 0. The van der Waals surface area contributed by atoms with Crippen LogP contribution in [0, 0.1) is 18.3 Å². The van der Waals surface area contributed by atoms with Gasteiger partial charge in [-0.2, -0.15) is 10.4 Å². The summed E-state index contributed by atoms with van der Waals surface area (Å²) in [4.78, 5) is 15.6. The quantitative estimate of drug-likeness (QED) is 0.769. The molecule has 0 amide bonds. The van der Waals surface area contributed by atoms with E-state index in [-0.39, 0.29) is 5.78 Å². The average Bonchev–Trinajstić information content (AvgIpc) is 2.83. The van der Waals surface area contributed by atoms with Gasteiger partial charge in [0.2, 0.25) is 0 Å². The Balaban J connectivity index is 2.51. The van der Waals surface area contributed by atoms with Crippen molar-refractivity contribution < 1.29 is 4.79 Å². The summed E-state index contributed by atoms with van der Waals surface area (Å²) in [5.41, 5.74) is 1.60. The lowest BCUT2D eigenvalue weighted by Gasteiger charge is -2.05. The zero-order valence-corrected chi connectivity index (χ0v) is 10.2. The molecule has 0 fully saturated rings. The van der Waals surface area contributed by atoms with Gasteiger partial charge >= 0.3 is 0 Å². The highest BCUT2D eigenvalue weighted by Crippen LogP contribution is 2.16. The highest BCUT2D eigenvalue weighted by atomic mass is 16.1. The van der Waals surface area contributed by atoms with Gasteiger partial charge in [0.15, 0.2) is 5.78 Å². The van der Waals surface area contributed by atoms with Crippen molar-refractivity contribution in [1.82, 2.24) is 14.8 Å². The second kappa shape index (κ2) is 4.80. The molecule has 18 heavy (non-hydrogen) atoms. The van der Waals surface area contributed by atoms with E-state index in [0.29, 0.717) is 29.1 Å². The van der Waals surface area contributed by atoms with E-state index in [2.05, 4.69) is 16.2 Å². The SMILES string of the molecule is CCC(=O)c1ccc(-n2cnc(C)n2)c(C#N)c1. The third-order valence-corrected chi connectivity index (χ3v) is 2.61. The Kier molecular flexibility index (Phi) is 3.20. The third-order valence-electron chi connectivity index (χ3n) is 2.61. The van der Waals surface area contributed by atoms with Crippen LogP contribution in [0.25, 0.3) is 5.69 Å². The topological polar surface area (TPSA) is 71.6 Å². The van der Waals surface area contributed by atoms with Gasteiger partial charge in [0.05, 0.1) is 11.3 Å². The average molecular weight is 240 g/mol.